The Morgan fingerprint density at radius 1 is 0.757 bits per heavy atom. The summed E-state index contributed by atoms with van der Waals surface area (Å²) in [5.41, 5.74) is 10.0. The lowest BCUT2D eigenvalue weighted by molar-refractivity contribution is -0.150. The second-order valence-electron chi connectivity index (χ2n) is 9.73. The van der Waals surface area contributed by atoms with E-state index in [1.165, 1.54) is 0 Å². The predicted molar refractivity (Wildman–Crippen MR) is 149 cm³/mol. The molecule has 1 aliphatic rings. The van der Waals surface area contributed by atoms with Gasteiger partial charge in [0.1, 0.15) is 12.1 Å². The minimum atomic E-state index is -0.590. The second kappa shape index (κ2) is 11.4. The van der Waals surface area contributed by atoms with Gasteiger partial charge < -0.3 is 16.0 Å². The van der Waals surface area contributed by atoms with Crippen molar-refractivity contribution in [3.8, 4) is 11.1 Å². The summed E-state index contributed by atoms with van der Waals surface area (Å²) in [6.45, 7) is 0.980. The topological polar surface area (TPSA) is 75.4 Å². The van der Waals surface area contributed by atoms with Crippen LogP contribution < -0.4 is 11.1 Å². The lowest BCUT2D eigenvalue weighted by atomic mass is 9.94. The molecular weight excluding hydrogens is 458 g/mol. The summed E-state index contributed by atoms with van der Waals surface area (Å²) >= 11 is 0. The van der Waals surface area contributed by atoms with Crippen molar-refractivity contribution in [1.82, 2.24) is 10.2 Å². The average molecular weight is 492 g/mol. The molecule has 2 atom stereocenters. The molecule has 1 saturated heterocycles. The van der Waals surface area contributed by atoms with E-state index in [1.807, 2.05) is 42.5 Å². The largest absolute Gasteiger partial charge is 0.342 e. The Kier molecular flexibility index (Phi) is 7.62. The van der Waals surface area contributed by atoms with Crippen LogP contribution in [-0.2, 0) is 22.6 Å². The fourth-order valence-corrected chi connectivity index (χ4v) is 5.24. The van der Waals surface area contributed by atoms with Gasteiger partial charge in [0.2, 0.25) is 11.8 Å². The van der Waals surface area contributed by atoms with Gasteiger partial charge in [-0.1, -0.05) is 97.1 Å². The summed E-state index contributed by atoms with van der Waals surface area (Å²) in [6.07, 6.45) is 2.71. The van der Waals surface area contributed by atoms with Gasteiger partial charge in [0.15, 0.2) is 0 Å². The summed E-state index contributed by atoms with van der Waals surface area (Å²) in [5.74, 6) is -0.111. The van der Waals surface area contributed by atoms with Gasteiger partial charge in [-0.25, -0.2) is 0 Å². The summed E-state index contributed by atoms with van der Waals surface area (Å²) < 4.78 is 0. The van der Waals surface area contributed by atoms with E-state index in [0.717, 1.165) is 45.9 Å². The van der Waals surface area contributed by atoms with Crippen LogP contribution in [-0.4, -0.2) is 35.3 Å². The average Bonchev–Trinajstić information content (AvgIpc) is 2.94. The van der Waals surface area contributed by atoms with E-state index < -0.39 is 12.1 Å². The maximum absolute atomic E-state index is 13.8. The normalized spacial score (nSPS) is 17.7. The maximum atomic E-state index is 13.8. The van der Waals surface area contributed by atoms with E-state index >= 15 is 0 Å². The first kappa shape index (κ1) is 24.7. The van der Waals surface area contributed by atoms with Crippen LogP contribution in [0.4, 0.5) is 0 Å². The number of hydrogen-bond acceptors (Lipinski definition) is 3. The van der Waals surface area contributed by atoms with Gasteiger partial charge in [0, 0.05) is 13.0 Å². The molecule has 0 aromatic heterocycles. The number of benzene rings is 4. The lowest BCUT2D eigenvalue weighted by Crippen LogP contribution is -2.63. The maximum Gasteiger partial charge on any atom is 0.246 e. The van der Waals surface area contributed by atoms with Crippen LogP contribution in [0.25, 0.3) is 21.9 Å². The molecule has 0 unspecified atom stereocenters. The quantitative estimate of drug-likeness (QED) is 0.321. The molecule has 37 heavy (non-hydrogen) atoms. The third kappa shape index (κ3) is 5.57. The summed E-state index contributed by atoms with van der Waals surface area (Å²) in [7, 11) is 0. The Balaban J connectivity index is 1.39. The van der Waals surface area contributed by atoms with Crippen LogP contribution in [0, 0.1) is 0 Å². The van der Waals surface area contributed by atoms with Crippen LogP contribution in [0.1, 0.15) is 30.4 Å². The molecule has 0 saturated carbocycles. The summed E-state index contributed by atoms with van der Waals surface area (Å²) in [4.78, 5) is 28.9. The molecule has 3 N–H and O–H groups in total. The number of nitrogens with two attached hydrogens (primary N) is 1. The molecule has 5 heteroatoms. The third-order valence-corrected chi connectivity index (χ3v) is 7.23. The molecule has 0 bridgehead atoms. The van der Waals surface area contributed by atoms with E-state index in [0.29, 0.717) is 25.9 Å². The van der Waals surface area contributed by atoms with Crippen molar-refractivity contribution in [3.63, 3.8) is 0 Å². The molecule has 188 valence electrons. The van der Waals surface area contributed by atoms with Crippen LogP contribution in [0.5, 0.6) is 0 Å². The van der Waals surface area contributed by atoms with E-state index in [2.05, 4.69) is 59.9 Å². The van der Waals surface area contributed by atoms with Crippen molar-refractivity contribution < 1.29 is 9.59 Å². The lowest BCUT2D eigenvalue weighted by Gasteiger charge is -2.39. The van der Waals surface area contributed by atoms with Crippen LogP contribution >= 0.6 is 0 Å². The number of amides is 2. The highest BCUT2D eigenvalue weighted by molar-refractivity contribution is 5.97. The number of piperazine rings is 1. The molecule has 5 rings (SSSR count). The Labute approximate surface area is 218 Å². The first-order chi connectivity index (χ1) is 18.1. The van der Waals surface area contributed by atoms with Crippen LogP contribution in [0.3, 0.4) is 0 Å². The standard InChI is InChI=1S/C32H33N3O2/c33-20-7-6-15-30-31(36)34-29(21-27-13-8-12-26-11-4-5-14-28(26)27)32(37)35(30)22-23-16-18-25(19-17-23)24-9-2-1-3-10-24/h1-5,8-14,16-19,29-30H,6-7,15,20-22,33H2,(H,34,36)/t29-,30-/m0/s1. The molecule has 1 aliphatic heterocycles. The monoisotopic (exact) mass is 491 g/mol. The van der Waals surface area contributed by atoms with Crippen molar-refractivity contribution in [2.45, 2.75) is 44.3 Å². The first-order valence-electron chi connectivity index (χ1n) is 13.1. The van der Waals surface area contributed by atoms with E-state index in [1.54, 1.807) is 4.90 Å². The molecule has 5 nitrogen and oxygen atoms in total. The number of carbonyl (C=O) groups excluding carboxylic acids is 2. The highest BCUT2D eigenvalue weighted by Gasteiger charge is 2.40. The van der Waals surface area contributed by atoms with Crippen molar-refractivity contribution in [3.05, 3.63) is 108 Å². The summed E-state index contributed by atoms with van der Waals surface area (Å²) in [5, 5.41) is 5.28. The molecule has 1 heterocycles. The van der Waals surface area contributed by atoms with Crippen molar-refractivity contribution in [2.75, 3.05) is 6.54 Å². The molecule has 4 aromatic rings. The fourth-order valence-electron chi connectivity index (χ4n) is 5.24. The molecule has 2 amide bonds. The smallest absolute Gasteiger partial charge is 0.246 e. The molecule has 0 spiro atoms. The minimum absolute atomic E-state index is 0.0302. The molecule has 0 aliphatic carbocycles. The Bertz CT molecular complexity index is 1360. The molecule has 1 fully saturated rings. The first-order valence-corrected chi connectivity index (χ1v) is 13.1. The Hall–Kier alpha value is -3.96. The highest BCUT2D eigenvalue weighted by Crippen LogP contribution is 2.25. The zero-order chi connectivity index (χ0) is 25.6. The number of hydrogen-bond donors (Lipinski definition) is 2. The van der Waals surface area contributed by atoms with Crippen molar-refractivity contribution >= 4 is 22.6 Å². The van der Waals surface area contributed by atoms with Crippen LogP contribution in [0.15, 0.2) is 97.1 Å². The van der Waals surface area contributed by atoms with Gasteiger partial charge in [-0.15, -0.1) is 0 Å². The Morgan fingerprint density at radius 3 is 2.24 bits per heavy atom. The van der Waals surface area contributed by atoms with E-state index in [4.69, 9.17) is 5.73 Å². The Morgan fingerprint density at radius 2 is 1.46 bits per heavy atom. The van der Waals surface area contributed by atoms with E-state index in [-0.39, 0.29) is 11.8 Å². The van der Waals surface area contributed by atoms with Gasteiger partial charge in [-0.3, -0.25) is 9.59 Å². The second-order valence-corrected chi connectivity index (χ2v) is 9.73. The molecular formula is C32H33N3O2. The number of fused-ring (bicyclic) bond motifs is 1. The highest BCUT2D eigenvalue weighted by atomic mass is 16.2. The number of carbonyl (C=O) groups is 2. The third-order valence-electron chi connectivity index (χ3n) is 7.23. The van der Waals surface area contributed by atoms with Crippen molar-refractivity contribution in [2.24, 2.45) is 5.73 Å². The minimum Gasteiger partial charge on any atom is -0.342 e. The molecule has 4 aromatic carbocycles. The predicted octanol–water partition coefficient (Wildman–Crippen LogP) is 5.07. The van der Waals surface area contributed by atoms with Gasteiger partial charge in [-0.2, -0.15) is 0 Å². The fraction of sp³-hybridized carbons (Fsp3) is 0.250. The van der Waals surface area contributed by atoms with Crippen LogP contribution in [0.2, 0.25) is 0 Å². The van der Waals surface area contributed by atoms with Crippen molar-refractivity contribution in [1.29, 1.82) is 0 Å². The van der Waals surface area contributed by atoms with E-state index in [9.17, 15) is 9.59 Å². The zero-order valence-electron chi connectivity index (χ0n) is 21.0. The van der Waals surface area contributed by atoms with Gasteiger partial charge >= 0.3 is 0 Å². The number of nitrogens with one attached hydrogen (secondary N) is 1. The van der Waals surface area contributed by atoms with Gasteiger partial charge in [0.25, 0.3) is 0 Å². The van der Waals surface area contributed by atoms with Gasteiger partial charge in [-0.05, 0) is 58.8 Å². The SMILES string of the molecule is NCCCC[C@H]1C(=O)N[C@@H](Cc2cccc3ccccc23)C(=O)N1Cc1ccc(-c2ccccc2)cc1. The number of nitrogens with zero attached hydrogens (tertiary/aromatic N) is 1. The number of rotatable bonds is 9. The zero-order valence-corrected chi connectivity index (χ0v) is 21.0. The van der Waals surface area contributed by atoms with Gasteiger partial charge in [0.05, 0.1) is 0 Å². The molecule has 0 radical (unpaired) electrons. The number of unbranched alkanes of at least 4 members (excludes halogenated alkanes) is 1. The summed E-state index contributed by atoms with van der Waals surface area (Å²) in [6, 6.07) is 31.7.